The Morgan fingerprint density at radius 3 is 2.19 bits per heavy atom. The summed E-state index contributed by atoms with van der Waals surface area (Å²) >= 11 is 0. The highest BCUT2D eigenvalue weighted by Crippen LogP contribution is 2.39. The van der Waals surface area contributed by atoms with Crippen LogP contribution >= 0.6 is 0 Å². The molecule has 2 heterocycles. The topological polar surface area (TPSA) is 86.4 Å². The van der Waals surface area contributed by atoms with Gasteiger partial charge in [-0.15, -0.1) is 0 Å². The number of hydrogen-bond acceptors (Lipinski definition) is 7. The molecule has 0 radical (unpaired) electrons. The molecule has 2 aliphatic heterocycles. The molecule has 1 fully saturated rings. The summed E-state index contributed by atoms with van der Waals surface area (Å²) in [5, 5.41) is 9.45. The molecule has 0 aromatic heterocycles. The van der Waals surface area contributed by atoms with Gasteiger partial charge in [-0.1, -0.05) is 48.5 Å². The first-order valence-electron chi connectivity index (χ1n) is 12.9. The second kappa shape index (κ2) is 11.6. The van der Waals surface area contributed by atoms with Crippen molar-refractivity contribution < 1.29 is 24.1 Å². The maximum atomic E-state index is 9.45. The predicted octanol–water partition coefficient (Wildman–Crippen LogP) is 4.26. The van der Waals surface area contributed by atoms with Gasteiger partial charge in [0.1, 0.15) is 0 Å². The Kier molecular flexibility index (Phi) is 8.08. The van der Waals surface area contributed by atoms with Crippen molar-refractivity contribution in [3.63, 3.8) is 0 Å². The van der Waals surface area contributed by atoms with Crippen LogP contribution in [-0.4, -0.2) is 43.4 Å². The second-order valence-corrected chi connectivity index (χ2v) is 9.76. The molecule has 0 unspecified atom stereocenters. The van der Waals surface area contributed by atoms with Crippen LogP contribution in [0, 0.1) is 0 Å². The minimum Gasteiger partial charge on any atom is -0.493 e. The van der Waals surface area contributed by atoms with E-state index >= 15 is 0 Å². The van der Waals surface area contributed by atoms with E-state index in [1.54, 1.807) is 14.2 Å². The quantitative estimate of drug-likeness (QED) is 0.474. The summed E-state index contributed by atoms with van der Waals surface area (Å²) in [6.45, 7) is 3.12. The highest BCUT2D eigenvalue weighted by molar-refractivity contribution is 5.48. The van der Waals surface area contributed by atoms with Gasteiger partial charge in [0.15, 0.2) is 17.8 Å². The molecule has 7 nitrogen and oxygen atoms in total. The van der Waals surface area contributed by atoms with Crippen LogP contribution in [0.15, 0.2) is 60.7 Å². The van der Waals surface area contributed by atoms with Crippen LogP contribution in [0.2, 0.25) is 0 Å². The van der Waals surface area contributed by atoms with Crippen LogP contribution in [0.1, 0.15) is 52.2 Å². The number of hydrogen-bond donors (Lipinski definition) is 2. The summed E-state index contributed by atoms with van der Waals surface area (Å²) in [5.74, 6) is 1.54. The Balaban J connectivity index is 1.35. The zero-order valence-corrected chi connectivity index (χ0v) is 21.6. The van der Waals surface area contributed by atoms with Gasteiger partial charge in [-0.05, 0) is 46.4 Å². The minimum atomic E-state index is -0.463. The number of rotatable bonds is 8. The molecule has 196 valence electrons. The normalized spacial score (nSPS) is 21.9. The Hall–Kier alpha value is -2.94. The number of benzene rings is 3. The van der Waals surface area contributed by atoms with Crippen molar-refractivity contribution in [1.29, 1.82) is 0 Å². The zero-order chi connectivity index (χ0) is 25.8. The lowest BCUT2D eigenvalue weighted by Gasteiger charge is -2.39. The summed E-state index contributed by atoms with van der Waals surface area (Å²) in [4.78, 5) is 2.45. The minimum absolute atomic E-state index is 0.00264. The molecule has 37 heavy (non-hydrogen) atoms. The van der Waals surface area contributed by atoms with Crippen LogP contribution in [0.25, 0.3) is 0 Å². The van der Waals surface area contributed by atoms with Crippen LogP contribution in [-0.2, 0) is 35.6 Å². The van der Waals surface area contributed by atoms with Gasteiger partial charge >= 0.3 is 0 Å². The number of aliphatic hydroxyl groups excluding tert-OH is 1. The molecule has 1 saturated heterocycles. The molecule has 3 aromatic rings. The lowest BCUT2D eigenvalue weighted by molar-refractivity contribution is -0.253. The third-order valence-corrected chi connectivity index (χ3v) is 7.36. The maximum absolute atomic E-state index is 9.45. The third kappa shape index (κ3) is 5.81. The lowest BCUT2D eigenvalue weighted by Crippen LogP contribution is -2.41. The van der Waals surface area contributed by atoms with Crippen molar-refractivity contribution in [3.8, 4) is 11.5 Å². The molecule has 3 N–H and O–H groups in total. The van der Waals surface area contributed by atoms with Crippen molar-refractivity contribution in [3.05, 3.63) is 94.0 Å². The van der Waals surface area contributed by atoms with Crippen molar-refractivity contribution in [2.45, 2.75) is 51.0 Å². The molecule has 3 aromatic carbocycles. The summed E-state index contributed by atoms with van der Waals surface area (Å²) in [7, 11) is 3.35. The van der Waals surface area contributed by atoms with E-state index in [1.165, 1.54) is 11.1 Å². The number of nitrogens with two attached hydrogens (primary N) is 1. The summed E-state index contributed by atoms with van der Waals surface area (Å²) in [6, 6.07) is 20.3. The molecule has 2 aliphatic rings. The van der Waals surface area contributed by atoms with Crippen LogP contribution in [0.3, 0.4) is 0 Å². The number of nitrogens with zero attached hydrogens (tertiary/aromatic N) is 1. The van der Waals surface area contributed by atoms with Gasteiger partial charge in [0, 0.05) is 38.2 Å². The van der Waals surface area contributed by atoms with E-state index in [-0.39, 0.29) is 18.8 Å². The molecule has 3 atom stereocenters. The Labute approximate surface area is 218 Å². The second-order valence-electron chi connectivity index (χ2n) is 9.76. The Morgan fingerprint density at radius 2 is 1.54 bits per heavy atom. The van der Waals surface area contributed by atoms with E-state index in [0.717, 1.165) is 66.2 Å². The average molecular weight is 505 g/mol. The monoisotopic (exact) mass is 504 g/mol. The molecule has 0 saturated carbocycles. The molecule has 0 amide bonds. The number of aliphatic hydroxyl groups is 1. The van der Waals surface area contributed by atoms with Crippen molar-refractivity contribution in [2.75, 3.05) is 27.3 Å². The maximum Gasteiger partial charge on any atom is 0.184 e. The summed E-state index contributed by atoms with van der Waals surface area (Å²) < 4.78 is 24.0. The molecular formula is C30H36N2O5. The standard InChI is InChI=1S/C30H36N2O5/c1-34-28-13-24-11-12-32(17-25(24)14-29(28)35-2)18-26-15-27(22-7-5-21(19-33)6-8-22)37-30(36-26)23-9-3-20(16-31)4-10-23/h3-10,13-14,26-27,30,33H,11-12,15-19,31H2,1-2H3/t26-,27+,30+/m1/s1. The summed E-state index contributed by atoms with van der Waals surface area (Å²) in [6.07, 6.45) is 1.14. The van der Waals surface area contributed by atoms with Gasteiger partial charge in [0.2, 0.25) is 0 Å². The molecule has 0 bridgehead atoms. The molecular weight excluding hydrogens is 468 g/mol. The fraction of sp³-hybridized carbons (Fsp3) is 0.400. The zero-order valence-electron chi connectivity index (χ0n) is 21.6. The third-order valence-electron chi connectivity index (χ3n) is 7.36. The largest absolute Gasteiger partial charge is 0.493 e. The van der Waals surface area contributed by atoms with Crippen molar-refractivity contribution >= 4 is 0 Å². The van der Waals surface area contributed by atoms with E-state index < -0.39 is 6.29 Å². The van der Waals surface area contributed by atoms with Crippen LogP contribution in [0.5, 0.6) is 11.5 Å². The predicted molar refractivity (Wildman–Crippen MR) is 141 cm³/mol. The first kappa shape index (κ1) is 25.7. The lowest BCUT2D eigenvalue weighted by atomic mass is 9.97. The van der Waals surface area contributed by atoms with E-state index in [1.807, 2.05) is 48.5 Å². The fourth-order valence-corrected chi connectivity index (χ4v) is 5.23. The van der Waals surface area contributed by atoms with Gasteiger partial charge < -0.3 is 29.8 Å². The molecule has 5 rings (SSSR count). The summed E-state index contributed by atoms with van der Waals surface area (Å²) in [5.41, 5.74) is 12.4. The first-order chi connectivity index (χ1) is 18.1. The van der Waals surface area contributed by atoms with Gasteiger partial charge in [-0.2, -0.15) is 0 Å². The van der Waals surface area contributed by atoms with Crippen molar-refractivity contribution in [2.24, 2.45) is 5.73 Å². The SMILES string of the molecule is COc1cc2c(cc1OC)CN(C[C@H]1C[C@@H](c3ccc(CO)cc3)O[C@@H](c3ccc(CN)cc3)O1)CC2. The molecule has 7 heteroatoms. The van der Waals surface area contributed by atoms with Gasteiger partial charge in [0.25, 0.3) is 0 Å². The smallest absolute Gasteiger partial charge is 0.184 e. The number of ether oxygens (including phenoxy) is 4. The molecule has 0 aliphatic carbocycles. The number of fused-ring (bicyclic) bond motifs is 1. The fourth-order valence-electron chi connectivity index (χ4n) is 5.23. The van der Waals surface area contributed by atoms with Gasteiger partial charge in [0.05, 0.1) is 33.0 Å². The highest BCUT2D eigenvalue weighted by atomic mass is 16.7. The first-order valence-corrected chi connectivity index (χ1v) is 12.9. The van der Waals surface area contributed by atoms with Gasteiger partial charge in [-0.25, -0.2) is 0 Å². The highest BCUT2D eigenvalue weighted by Gasteiger charge is 2.34. The van der Waals surface area contributed by atoms with E-state index in [0.29, 0.717) is 6.54 Å². The van der Waals surface area contributed by atoms with Gasteiger partial charge in [-0.3, -0.25) is 4.90 Å². The van der Waals surface area contributed by atoms with Crippen LogP contribution in [0.4, 0.5) is 0 Å². The van der Waals surface area contributed by atoms with E-state index in [9.17, 15) is 5.11 Å². The molecule has 0 spiro atoms. The number of methoxy groups -OCH3 is 2. The average Bonchev–Trinajstić information content (AvgIpc) is 2.96. The van der Waals surface area contributed by atoms with Crippen LogP contribution < -0.4 is 15.2 Å². The van der Waals surface area contributed by atoms with E-state index in [4.69, 9.17) is 24.7 Å². The Bertz CT molecular complexity index is 1130. The van der Waals surface area contributed by atoms with E-state index in [2.05, 4.69) is 17.0 Å². The van der Waals surface area contributed by atoms with Crippen molar-refractivity contribution in [1.82, 2.24) is 4.90 Å². The Morgan fingerprint density at radius 1 is 0.892 bits per heavy atom.